The molecule has 1 amide bonds. The van der Waals surface area contributed by atoms with Crippen molar-refractivity contribution < 1.29 is 14.3 Å². The first-order valence-corrected chi connectivity index (χ1v) is 9.21. The highest BCUT2D eigenvalue weighted by molar-refractivity contribution is 7.14. The van der Waals surface area contributed by atoms with Crippen LogP contribution in [0.2, 0.25) is 0 Å². The van der Waals surface area contributed by atoms with Crippen LogP contribution in [0, 0.1) is 6.92 Å². The molecule has 6 nitrogen and oxygen atoms in total. The summed E-state index contributed by atoms with van der Waals surface area (Å²) < 4.78 is 5.24. The first kappa shape index (κ1) is 18.6. The molecule has 0 radical (unpaired) electrons. The summed E-state index contributed by atoms with van der Waals surface area (Å²) in [4.78, 5) is 29.0. The highest BCUT2D eigenvalue weighted by Gasteiger charge is 2.21. The van der Waals surface area contributed by atoms with Crippen molar-refractivity contribution in [3.05, 3.63) is 65.0 Å². The molecule has 3 aromatic rings. The number of nitrogens with one attached hydrogen (secondary N) is 1. The lowest BCUT2D eigenvalue weighted by molar-refractivity contribution is -0.123. The Morgan fingerprint density at radius 1 is 1.15 bits per heavy atom. The van der Waals surface area contributed by atoms with E-state index in [0.29, 0.717) is 10.8 Å². The van der Waals surface area contributed by atoms with Gasteiger partial charge in [-0.2, -0.15) is 0 Å². The number of esters is 1. The molecule has 0 saturated heterocycles. The Kier molecular flexibility index (Phi) is 5.52. The van der Waals surface area contributed by atoms with Crippen LogP contribution in [0.15, 0.2) is 53.9 Å². The molecule has 2 aromatic carbocycles. The van der Waals surface area contributed by atoms with Gasteiger partial charge in [-0.05, 0) is 25.5 Å². The molecule has 0 aliphatic carbocycles. The normalized spacial score (nSPS) is 11.6. The number of carbonyl (C=O) groups is 2. The molecule has 138 valence electrons. The fourth-order valence-corrected chi connectivity index (χ4v) is 3.14. The van der Waals surface area contributed by atoms with Gasteiger partial charge < -0.3 is 10.5 Å². The van der Waals surface area contributed by atoms with Gasteiger partial charge in [-0.1, -0.05) is 42.5 Å². The van der Waals surface area contributed by atoms with E-state index in [1.807, 2.05) is 35.7 Å². The predicted molar refractivity (Wildman–Crippen MR) is 107 cm³/mol. The number of para-hydroxylation sites is 1. The van der Waals surface area contributed by atoms with Gasteiger partial charge in [-0.3, -0.25) is 10.1 Å². The Balaban J connectivity index is 1.63. The Morgan fingerprint density at radius 3 is 2.63 bits per heavy atom. The standard InChI is InChI=1S/C20H19N3O3S/c1-12-7-6-10-15(17(12)21)19(25)26-13(2)18(24)23-20-22-16(11-27-20)14-8-4-3-5-9-14/h3-11,13H,21H2,1-2H3,(H,22,23,24)/t13-/m1/s1. The fraction of sp³-hybridized carbons (Fsp3) is 0.150. The molecule has 0 bridgehead atoms. The summed E-state index contributed by atoms with van der Waals surface area (Å²) in [6.07, 6.45) is -0.985. The van der Waals surface area contributed by atoms with E-state index in [1.54, 1.807) is 25.1 Å². The van der Waals surface area contributed by atoms with E-state index in [9.17, 15) is 9.59 Å². The van der Waals surface area contributed by atoms with Crippen LogP contribution < -0.4 is 11.1 Å². The average molecular weight is 381 g/mol. The number of rotatable bonds is 5. The summed E-state index contributed by atoms with van der Waals surface area (Å²) in [6, 6.07) is 14.7. The van der Waals surface area contributed by atoms with Gasteiger partial charge in [0.15, 0.2) is 11.2 Å². The third-order valence-electron chi connectivity index (χ3n) is 4.00. The summed E-state index contributed by atoms with van der Waals surface area (Å²) in [6.45, 7) is 3.31. The summed E-state index contributed by atoms with van der Waals surface area (Å²) in [7, 11) is 0. The van der Waals surface area contributed by atoms with Gasteiger partial charge in [-0.15, -0.1) is 11.3 Å². The lowest BCUT2D eigenvalue weighted by Crippen LogP contribution is -2.30. The number of aromatic nitrogens is 1. The number of anilines is 2. The first-order chi connectivity index (χ1) is 13.0. The molecule has 0 aliphatic rings. The Morgan fingerprint density at radius 2 is 1.89 bits per heavy atom. The number of hydrogen-bond acceptors (Lipinski definition) is 6. The van der Waals surface area contributed by atoms with E-state index in [4.69, 9.17) is 10.5 Å². The van der Waals surface area contributed by atoms with Gasteiger partial charge >= 0.3 is 5.97 Å². The van der Waals surface area contributed by atoms with Crippen LogP contribution in [0.4, 0.5) is 10.8 Å². The molecule has 27 heavy (non-hydrogen) atoms. The molecule has 1 atom stereocenters. The summed E-state index contributed by atoms with van der Waals surface area (Å²) in [5.41, 5.74) is 9.01. The zero-order chi connectivity index (χ0) is 19.4. The molecule has 1 heterocycles. The maximum atomic E-state index is 12.3. The van der Waals surface area contributed by atoms with E-state index >= 15 is 0 Å². The second kappa shape index (κ2) is 8.01. The van der Waals surface area contributed by atoms with Gasteiger partial charge in [0.1, 0.15) is 0 Å². The summed E-state index contributed by atoms with van der Waals surface area (Å²) in [5.74, 6) is -1.09. The third kappa shape index (κ3) is 4.32. The predicted octanol–water partition coefficient (Wildman–Crippen LogP) is 3.88. The van der Waals surface area contributed by atoms with E-state index < -0.39 is 18.0 Å². The van der Waals surface area contributed by atoms with Crippen LogP contribution in [0.1, 0.15) is 22.8 Å². The average Bonchev–Trinajstić information content (AvgIpc) is 3.13. The molecule has 0 unspecified atom stereocenters. The summed E-state index contributed by atoms with van der Waals surface area (Å²) in [5, 5.41) is 4.97. The van der Waals surface area contributed by atoms with Crippen molar-refractivity contribution in [1.82, 2.24) is 4.98 Å². The number of ether oxygens (including phenoxy) is 1. The number of carbonyl (C=O) groups excluding carboxylic acids is 2. The topological polar surface area (TPSA) is 94.3 Å². The zero-order valence-electron chi connectivity index (χ0n) is 14.9. The van der Waals surface area contributed by atoms with Crippen molar-refractivity contribution in [3.8, 4) is 11.3 Å². The largest absolute Gasteiger partial charge is 0.449 e. The van der Waals surface area contributed by atoms with Crippen LogP contribution in [-0.4, -0.2) is 23.0 Å². The van der Waals surface area contributed by atoms with Crippen LogP contribution in [0.3, 0.4) is 0 Å². The Hall–Kier alpha value is -3.19. The van der Waals surface area contributed by atoms with Crippen molar-refractivity contribution in [2.24, 2.45) is 0 Å². The fourth-order valence-electron chi connectivity index (χ4n) is 2.42. The van der Waals surface area contributed by atoms with Gasteiger partial charge in [0.25, 0.3) is 5.91 Å². The second-order valence-electron chi connectivity index (χ2n) is 5.98. The minimum Gasteiger partial charge on any atom is -0.449 e. The smallest absolute Gasteiger partial charge is 0.341 e. The van der Waals surface area contributed by atoms with Crippen molar-refractivity contribution >= 4 is 34.0 Å². The van der Waals surface area contributed by atoms with Crippen molar-refractivity contribution in [2.75, 3.05) is 11.1 Å². The van der Waals surface area contributed by atoms with Crippen molar-refractivity contribution in [2.45, 2.75) is 20.0 Å². The van der Waals surface area contributed by atoms with Crippen LogP contribution in [-0.2, 0) is 9.53 Å². The van der Waals surface area contributed by atoms with Crippen molar-refractivity contribution in [3.63, 3.8) is 0 Å². The number of aryl methyl sites for hydroxylation is 1. The highest BCUT2D eigenvalue weighted by atomic mass is 32.1. The van der Waals surface area contributed by atoms with Gasteiger partial charge in [0.05, 0.1) is 11.3 Å². The van der Waals surface area contributed by atoms with E-state index in [-0.39, 0.29) is 5.56 Å². The molecule has 1 aromatic heterocycles. The lowest BCUT2D eigenvalue weighted by atomic mass is 10.1. The number of nitrogen functional groups attached to an aromatic ring is 1. The van der Waals surface area contributed by atoms with Crippen LogP contribution in [0.25, 0.3) is 11.3 Å². The van der Waals surface area contributed by atoms with E-state index in [2.05, 4.69) is 10.3 Å². The number of amides is 1. The molecule has 0 saturated carbocycles. The van der Waals surface area contributed by atoms with Gasteiger partial charge in [-0.25, -0.2) is 9.78 Å². The number of nitrogens with two attached hydrogens (primary N) is 1. The molecule has 3 rings (SSSR count). The Bertz CT molecular complexity index is 970. The SMILES string of the molecule is Cc1cccc(C(=O)O[C@H](C)C(=O)Nc2nc(-c3ccccc3)cs2)c1N. The quantitative estimate of drug-likeness (QED) is 0.517. The molecule has 0 aliphatic heterocycles. The molecule has 0 fully saturated rings. The van der Waals surface area contributed by atoms with Crippen LogP contribution >= 0.6 is 11.3 Å². The first-order valence-electron chi connectivity index (χ1n) is 8.33. The molecule has 0 spiro atoms. The molecular formula is C20H19N3O3S. The van der Waals surface area contributed by atoms with Gasteiger partial charge in [0, 0.05) is 16.6 Å². The number of hydrogen-bond donors (Lipinski definition) is 2. The van der Waals surface area contributed by atoms with Gasteiger partial charge in [0.2, 0.25) is 0 Å². The molecular weight excluding hydrogens is 362 g/mol. The minimum absolute atomic E-state index is 0.246. The third-order valence-corrected chi connectivity index (χ3v) is 4.76. The Labute approximate surface area is 161 Å². The zero-order valence-corrected chi connectivity index (χ0v) is 15.7. The highest BCUT2D eigenvalue weighted by Crippen LogP contribution is 2.25. The number of thiazole rings is 1. The monoisotopic (exact) mass is 381 g/mol. The number of nitrogens with zero attached hydrogens (tertiary/aromatic N) is 1. The van der Waals surface area contributed by atoms with E-state index in [1.165, 1.54) is 18.3 Å². The van der Waals surface area contributed by atoms with E-state index in [0.717, 1.165) is 16.8 Å². The summed E-state index contributed by atoms with van der Waals surface area (Å²) >= 11 is 1.31. The second-order valence-corrected chi connectivity index (χ2v) is 6.83. The number of benzene rings is 2. The minimum atomic E-state index is -0.985. The maximum absolute atomic E-state index is 12.3. The lowest BCUT2D eigenvalue weighted by Gasteiger charge is -2.14. The van der Waals surface area contributed by atoms with Crippen LogP contribution in [0.5, 0.6) is 0 Å². The molecule has 7 heteroatoms. The van der Waals surface area contributed by atoms with Crippen molar-refractivity contribution in [1.29, 1.82) is 0 Å². The maximum Gasteiger partial charge on any atom is 0.341 e. The molecule has 3 N–H and O–H groups in total.